The van der Waals surface area contributed by atoms with Crippen molar-refractivity contribution in [2.24, 2.45) is 0 Å². The number of hydrazine groups is 1. The van der Waals surface area contributed by atoms with E-state index in [0.29, 0.717) is 18.0 Å². The summed E-state index contributed by atoms with van der Waals surface area (Å²) in [6.45, 7) is 2.48. The van der Waals surface area contributed by atoms with Gasteiger partial charge in [-0.3, -0.25) is 4.40 Å². The summed E-state index contributed by atoms with van der Waals surface area (Å²) in [5.74, 6) is 0.350. The zero-order valence-electron chi connectivity index (χ0n) is 11.1. The minimum atomic E-state index is -3.68. The van der Waals surface area contributed by atoms with E-state index >= 15 is 0 Å². The van der Waals surface area contributed by atoms with E-state index in [2.05, 4.69) is 15.1 Å². The quantitative estimate of drug-likeness (QED) is 0.782. The monoisotopic (exact) mass is 283 g/mol. The van der Waals surface area contributed by atoms with Crippen molar-refractivity contribution in [3.63, 3.8) is 0 Å². The number of imidazole rings is 1. The normalized spacial score (nSPS) is 12.2. The molecule has 0 radical (unpaired) electrons. The van der Waals surface area contributed by atoms with Crippen LogP contribution < -0.4 is 10.1 Å². The summed E-state index contributed by atoms with van der Waals surface area (Å²) in [6.07, 6.45) is 1.67. The van der Waals surface area contributed by atoms with Crippen molar-refractivity contribution in [2.75, 3.05) is 26.0 Å². The highest BCUT2D eigenvalue weighted by Crippen LogP contribution is 2.22. The van der Waals surface area contributed by atoms with Gasteiger partial charge in [-0.2, -0.15) is 0 Å². The molecule has 0 unspecified atom stereocenters. The van der Waals surface area contributed by atoms with Gasteiger partial charge in [0.2, 0.25) is 0 Å². The van der Waals surface area contributed by atoms with Crippen LogP contribution in [0.5, 0.6) is 0 Å². The number of hydrogen-bond donors (Lipinski definition) is 2. The molecule has 8 heteroatoms. The van der Waals surface area contributed by atoms with E-state index in [0.717, 1.165) is 0 Å². The molecule has 7 nitrogen and oxygen atoms in total. The van der Waals surface area contributed by atoms with Gasteiger partial charge in [-0.25, -0.2) is 18.4 Å². The Morgan fingerprint density at radius 1 is 1.37 bits per heavy atom. The Bertz CT molecular complexity index is 677. The zero-order chi connectivity index (χ0) is 14.0. The summed E-state index contributed by atoms with van der Waals surface area (Å²) in [5, 5.41) is 4.47. The Kier molecular flexibility index (Phi) is 3.74. The van der Waals surface area contributed by atoms with Crippen molar-refractivity contribution < 1.29 is 8.42 Å². The standard InChI is InChI=1S/C11H17N5O2S/c1-4-12-10-11(19(17,18)14-15(2)3)16-8-6-5-7-9(16)13-10/h5-8,12,14H,4H2,1-3H3. The molecule has 0 bridgehead atoms. The fourth-order valence-corrected chi connectivity index (χ4v) is 3.15. The van der Waals surface area contributed by atoms with Crippen LogP contribution in [0.25, 0.3) is 5.65 Å². The van der Waals surface area contributed by atoms with Gasteiger partial charge in [-0.05, 0) is 19.1 Å². The van der Waals surface area contributed by atoms with Crippen LogP contribution >= 0.6 is 0 Å². The lowest BCUT2D eigenvalue weighted by Crippen LogP contribution is -2.37. The van der Waals surface area contributed by atoms with Gasteiger partial charge in [0, 0.05) is 26.8 Å². The highest BCUT2D eigenvalue weighted by molar-refractivity contribution is 7.89. The second-order valence-corrected chi connectivity index (χ2v) is 5.79. The number of rotatable bonds is 5. The number of hydrogen-bond acceptors (Lipinski definition) is 5. The van der Waals surface area contributed by atoms with Crippen LogP contribution in [-0.2, 0) is 10.0 Å². The smallest absolute Gasteiger partial charge is 0.273 e. The third kappa shape index (κ3) is 2.70. The highest BCUT2D eigenvalue weighted by atomic mass is 32.2. The number of fused-ring (bicyclic) bond motifs is 1. The molecule has 0 aliphatic heterocycles. The molecule has 2 heterocycles. The summed E-state index contributed by atoms with van der Waals surface area (Å²) in [6, 6.07) is 5.34. The SMILES string of the molecule is CCNc1nc2ccccn2c1S(=O)(=O)NN(C)C. The molecule has 19 heavy (non-hydrogen) atoms. The second-order valence-electron chi connectivity index (χ2n) is 4.21. The molecule has 0 aliphatic carbocycles. The van der Waals surface area contributed by atoms with E-state index in [-0.39, 0.29) is 5.03 Å². The number of nitrogens with zero attached hydrogens (tertiary/aromatic N) is 3. The van der Waals surface area contributed by atoms with E-state index in [9.17, 15) is 8.42 Å². The predicted molar refractivity (Wildman–Crippen MR) is 73.4 cm³/mol. The van der Waals surface area contributed by atoms with E-state index in [4.69, 9.17) is 0 Å². The number of nitrogens with one attached hydrogen (secondary N) is 2. The van der Waals surface area contributed by atoms with Crippen LogP contribution in [0, 0.1) is 0 Å². The Morgan fingerprint density at radius 3 is 2.74 bits per heavy atom. The first-order chi connectivity index (χ1) is 8.95. The summed E-state index contributed by atoms with van der Waals surface area (Å²) in [7, 11) is -0.444. The number of aromatic nitrogens is 2. The topological polar surface area (TPSA) is 78.7 Å². The highest BCUT2D eigenvalue weighted by Gasteiger charge is 2.25. The molecule has 0 atom stereocenters. The molecule has 0 amide bonds. The molecule has 0 aromatic carbocycles. The van der Waals surface area contributed by atoms with Crippen LogP contribution in [0.4, 0.5) is 5.82 Å². The lowest BCUT2D eigenvalue weighted by Gasteiger charge is -2.13. The van der Waals surface area contributed by atoms with Crippen LogP contribution in [-0.4, -0.2) is 43.5 Å². The number of anilines is 1. The molecule has 104 valence electrons. The maximum atomic E-state index is 12.4. The third-order valence-corrected chi connectivity index (χ3v) is 3.89. The van der Waals surface area contributed by atoms with Gasteiger partial charge in [0.1, 0.15) is 5.65 Å². The lowest BCUT2D eigenvalue weighted by molar-refractivity contribution is 0.363. The minimum Gasteiger partial charge on any atom is -0.368 e. The van der Waals surface area contributed by atoms with Crippen molar-refractivity contribution in [2.45, 2.75) is 11.9 Å². The molecular formula is C11H17N5O2S. The Morgan fingerprint density at radius 2 is 2.11 bits per heavy atom. The van der Waals surface area contributed by atoms with Gasteiger partial charge < -0.3 is 5.32 Å². The molecule has 0 saturated heterocycles. The molecule has 2 aromatic rings. The molecule has 2 aromatic heterocycles. The van der Waals surface area contributed by atoms with Crippen LogP contribution in [0.1, 0.15) is 6.92 Å². The Balaban J connectivity index is 2.65. The van der Waals surface area contributed by atoms with Crippen molar-refractivity contribution in [1.82, 2.24) is 19.2 Å². The molecular weight excluding hydrogens is 266 g/mol. The lowest BCUT2D eigenvalue weighted by atomic mass is 10.5. The van der Waals surface area contributed by atoms with Crippen LogP contribution in [0.2, 0.25) is 0 Å². The van der Waals surface area contributed by atoms with Gasteiger partial charge in [0.15, 0.2) is 10.8 Å². The molecule has 0 aliphatic rings. The first-order valence-electron chi connectivity index (χ1n) is 5.86. The van der Waals surface area contributed by atoms with Gasteiger partial charge >= 0.3 is 0 Å². The molecule has 2 N–H and O–H groups in total. The Labute approximate surface area is 112 Å². The fourth-order valence-electron chi connectivity index (χ4n) is 1.80. The first-order valence-corrected chi connectivity index (χ1v) is 7.34. The maximum Gasteiger partial charge on any atom is 0.273 e. The number of sulfonamides is 1. The van der Waals surface area contributed by atoms with Crippen molar-refractivity contribution in [3.8, 4) is 0 Å². The second kappa shape index (κ2) is 5.16. The fraction of sp³-hybridized carbons (Fsp3) is 0.364. The third-order valence-electron chi connectivity index (χ3n) is 2.39. The van der Waals surface area contributed by atoms with Crippen molar-refractivity contribution >= 4 is 21.5 Å². The summed E-state index contributed by atoms with van der Waals surface area (Å²) >= 11 is 0. The van der Waals surface area contributed by atoms with Gasteiger partial charge in [0.25, 0.3) is 10.0 Å². The first kappa shape index (κ1) is 13.8. The number of pyridine rings is 1. The summed E-state index contributed by atoms with van der Waals surface area (Å²) in [5.41, 5.74) is 0.581. The average Bonchev–Trinajstić information content (AvgIpc) is 2.66. The van der Waals surface area contributed by atoms with E-state index in [1.165, 1.54) is 5.01 Å². The molecule has 2 rings (SSSR count). The summed E-state index contributed by atoms with van der Waals surface area (Å²) < 4.78 is 26.3. The molecule has 0 saturated carbocycles. The van der Waals surface area contributed by atoms with Crippen molar-refractivity contribution in [1.29, 1.82) is 0 Å². The average molecular weight is 283 g/mol. The minimum absolute atomic E-state index is 0.110. The van der Waals surface area contributed by atoms with Gasteiger partial charge in [-0.15, -0.1) is 4.83 Å². The predicted octanol–water partition coefficient (Wildman–Crippen LogP) is 0.521. The van der Waals surface area contributed by atoms with Crippen LogP contribution in [0.15, 0.2) is 29.4 Å². The van der Waals surface area contributed by atoms with Crippen molar-refractivity contribution in [3.05, 3.63) is 24.4 Å². The van der Waals surface area contributed by atoms with Gasteiger partial charge in [0.05, 0.1) is 0 Å². The molecule has 0 spiro atoms. The van der Waals surface area contributed by atoms with Gasteiger partial charge in [-0.1, -0.05) is 6.07 Å². The van der Waals surface area contributed by atoms with Crippen LogP contribution in [0.3, 0.4) is 0 Å². The van der Waals surface area contributed by atoms with E-state index < -0.39 is 10.0 Å². The zero-order valence-corrected chi connectivity index (χ0v) is 11.9. The summed E-state index contributed by atoms with van der Waals surface area (Å²) in [4.78, 5) is 6.71. The van der Waals surface area contributed by atoms with E-state index in [1.54, 1.807) is 36.8 Å². The Hall–Kier alpha value is -1.64. The van der Waals surface area contributed by atoms with E-state index in [1.807, 2.05) is 13.0 Å². The largest absolute Gasteiger partial charge is 0.368 e. The molecule has 0 fully saturated rings. The maximum absolute atomic E-state index is 12.4.